The third-order valence-corrected chi connectivity index (χ3v) is 5.96. The van der Waals surface area contributed by atoms with E-state index < -0.39 is 11.9 Å². The summed E-state index contributed by atoms with van der Waals surface area (Å²) in [4.78, 5) is 12.8. The fraction of sp³-hybridized carbons (Fsp3) is 0.241. The summed E-state index contributed by atoms with van der Waals surface area (Å²) in [6, 6.07) is 17.4. The Morgan fingerprint density at radius 2 is 1.74 bits per heavy atom. The van der Waals surface area contributed by atoms with E-state index in [1.54, 1.807) is 54.6 Å². The number of rotatable bonds is 9. The molecule has 196 valence electrons. The molecule has 1 heterocycles. The molecule has 0 spiro atoms. The molecule has 0 saturated carbocycles. The van der Waals surface area contributed by atoms with Crippen LogP contribution in [0.15, 0.2) is 66.1 Å². The van der Waals surface area contributed by atoms with Crippen LogP contribution in [-0.4, -0.2) is 33.9 Å². The molecule has 0 aromatic heterocycles. The first-order valence-corrected chi connectivity index (χ1v) is 11.9. The van der Waals surface area contributed by atoms with Crippen molar-refractivity contribution in [2.24, 2.45) is 5.73 Å². The predicted molar refractivity (Wildman–Crippen MR) is 139 cm³/mol. The highest BCUT2D eigenvalue weighted by molar-refractivity contribution is 5.91. The largest absolute Gasteiger partial charge is 0.494 e. The summed E-state index contributed by atoms with van der Waals surface area (Å²) in [6.07, 6.45) is 0.853. The summed E-state index contributed by atoms with van der Waals surface area (Å²) in [5, 5.41) is 9.91. The van der Waals surface area contributed by atoms with Gasteiger partial charge in [0, 0.05) is 11.6 Å². The fourth-order valence-corrected chi connectivity index (χ4v) is 4.21. The number of nitrogens with two attached hydrogens (primary N) is 1. The molecule has 2 N–H and O–H groups in total. The first-order chi connectivity index (χ1) is 18.4. The summed E-state index contributed by atoms with van der Waals surface area (Å²) in [5.74, 6) is 1.29. The zero-order valence-electron chi connectivity index (χ0n) is 21.6. The summed E-state index contributed by atoms with van der Waals surface area (Å²) in [6.45, 7) is 2.55. The minimum atomic E-state index is -0.588. The van der Waals surface area contributed by atoms with E-state index in [1.165, 1.54) is 21.3 Å². The van der Waals surface area contributed by atoms with Gasteiger partial charge in [0.05, 0.1) is 39.4 Å². The second kappa shape index (κ2) is 11.5. The Morgan fingerprint density at radius 1 is 1.00 bits per heavy atom. The maximum absolute atomic E-state index is 12.8. The van der Waals surface area contributed by atoms with Gasteiger partial charge in [0.1, 0.15) is 28.9 Å². The van der Waals surface area contributed by atoms with Gasteiger partial charge in [-0.15, -0.1) is 0 Å². The predicted octanol–water partition coefficient (Wildman–Crippen LogP) is 4.94. The lowest BCUT2D eigenvalue weighted by Crippen LogP contribution is -2.21. The van der Waals surface area contributed by atoms with Crippen molar-refractivity contribution in [2.45, 2.75) is 19.3 Å². The van der Waals surface area contributed by atoms with Crippen LogP contribution < -0.4 is 34.2 Å². The van der Waals surface area contributed by atoms with Crippen LogP contribution in [0.2, 0.25) is 0 Å². The van der Waals surface area contributed by atoms with Crippen LogP contribution in [0.4, 0.5) is 0 Å². The van der Waals surface area contributed by atoms with Crippen LogP contribution in [0.1, 0.15) is 40.7 Å². The minimum absolute atomic E-state index is 0.0528. The number of ether oxygens (including phenoxy) is 6. The van der Waals surface area contributed by atoms with Crippen LogP contribution in [0.25, 0.3) is 0 Å². The molecule has 4 rings (SSSR count). The van der Waals surface area contributed by atoms with Gasteiger partial charge < -0.3 is 34.2 Å². The highest BCUT2D eigenvalue weighted by Crippen LogP contribution is 2.47. The molecule has 0 fully saturated rings. The number of fused-ring (bicyclic) bond motifs is 1. The van der Waals surface area contributed by atoms with Gasteiger partial charge >= 0.3 is 5.97 Å². The van der Waals surface area contributed by atoms with Crippen molar-refractivity contribution in [3.8, 4) is 40.6 Å². The van der Waals surface area contributed by atoms with E-state index >= 15 is 0 Å². The topological polar surface area (TPSA) is 122 Å². The molecule has 0 amide bonds. The summed E-state index contributed by atoms with van der Waals surface area (Å²) < 4.78 is 33.4. The molecule has 1 aliphatic rings. The quantitative estimate of drug-likeness (QED) is 0.311. The van der Waals surface area contributed by atoms with Gasteiger partial charge in [-0.25, -0.2) is 4.79 Å². The highest BCUT2D eigenvalue weighted by atomic mass is 16.5. The summed E-state index contributed by atoms with van der Waals surface area (Å²) in [7, 11) is 4.54. The van der Waals surface area contributed by atoms with Crippen molar-refractivity contribution < 1.29 is 33.2 Å². The highest BCUT2D eigenvalue weighted by Gasteiger charge is 2.32. The van der Waals surface area contributed by atoms with Gasteiger partial charge in [-0.05, 0) is 48.4 Å². The Morgan fingerprint density at radius 3 is 2.37 bits per heavy atom. The van der Waals surface area contributed by atoms with Crippen molar-refractivity contribution in [3.05, 3.63) is 82.7 Å². The lowest BCUT2D eigenvalue weighted by atomic mass is 9.83. The van der Waals surface area contributed by atoms with Gasteiger partial charge in [-0.1, -0.05) is 19.1 Å². The maximum Gasteiger partial charge on any atom is 0.343 e. The molecule has 0 radical (unpaired) electrons. The van der Waals surface area contributed by atoms with E-state index in [0.717, 1.165) is 6.42 Å². The monoisotopic (exact) mass is 516 g/mol. The Labute approximate surface area is 220 Å². The smallest absolute Gasteiger partial charge is 0.343 e. The van der Waals surface area contributed by atoms with Gasteiger partial charge in [0.15, 0.2) is 11.5 Å². The van der Waals surface area contributed by atoms with E-state index in [-0.39, 0.29) is 17.2 Å². The third-order valence-electron chi connectivity index (χ3n) is 5.96. The number of hydrogen-bond donors (Lipinski definition) is 1. The van der Waals surface area contributed by atoms with Crippen molar-refractivity contribution >= 4 is 5.97 Å². The fourth-order valence-electron chi connectivity index (χ4n) is 4.21. The molecule has 3 aromatic rings. The number of benzene rings is 3. The Kier molecular flexibility index (Phi) is 7.92. The van der Waals surface area contributed by atoms with Gasteiger partial charge in [-0.2, -0.15) is 5.26 Å². The first-order valence-electron chi connectivity index (χ1n) is 11.9. The van der Waals surface area contributed by atoms with E-state index in [9.17, 15) is 10.1 Å². The van der Waals surface area contributed by atoms with Crippen LogP contribution in [0, 0.1) is 11.3 Å². The second-order valence-electron chi connectivity index (χ2n) is 8.35. The molecule has 1 atom stereocenters. The molecule has 9 nitrogen and oxygen atoms in total. The van der Waals surface area contributed by atoms with Gasteiger partial charge in [-0.3, -0.25) is 0 Å². The molecule has 1 unspecified atom stereocenters. The van der Waals surface area contributed by atoms with E-state index in [1.807, 2.05) is 6.92 Å². The summed E-state index contributed by atoms with van der Waals surface area (Å²) in [5.41, 5.74) is 8.05. The Hall–Kier alpha value is -4.84. The van der Waals surface area contributed by atoms with Gasteiger partial charge in [0.2, 0.25) is 11.6 Å². The number of carbonyl (C=O) groups is 1. The number of methoxy groups -OCH3 is 3. The van der Waals surface area contributed by atoms with Crippen molar-refractivity contribution in [3.63, 3.8) is 0 Å². The van der Waals surface area contributed by atoms with Crippen LogP contribution in [0.5, 0.6) is 34.5 Å². The van der Waals surface area contributed by atoms with Crippen molar-refractivity contribution in [2.75, 3.05) is 27.9 Å². The maximum atomic E-state index is 12.8. The SMILES string of the molecule is CCCOc1cccc(C(=O)Oc2ccc3c(c2)OC(N)=C(C#N)C3c2cc(OC)c(OC)c(OC)c2)c1. The van der Waals surface area contributed by atoms with E-state index in [2.05, 4.69) is 6.07 Å². The zero-order chi connectivity index (χ0) is 27.2. The molecule has 38 heavy (non-hydrogen) atoms. The summed E-state index contributed by atoms with van der Waals surface area (Å²) >= 11 is 0. The average molecular weight is 517 g/mol. The van der Waals surface area contributed by atoms with Crippen LogP contribution in [-0.2, 0) is 0 Å². The first kappa shape index (κ1) is 26.2. The van der Waals surface area contributed by atoms with E-state index in [4.69, 9.17) is 34.2 Å². The molecule has 0 saturated heterocycles. The molecule has 0 aliphatic carbocycles. The molecule has 3 aromatic carbocycles. The molecule has 1 aliphatic heterocycles. The lowest BCUT2D eigenvalue weighted by molar-refractivity contribution is 0.0734. The minimum Gasteiger partial charge on any atom is -0.494 e. The number of hydrogen-bond acceptors (Lipinski definition) is 9. The Balaban J connectivity index is 1.69. The van der Waals surface area contributed by atoms with E-state index in [0.29, 0.717) is 52.0 Å². The zero-order valence-corrected chi connectivity index (χ0v) is 21.6. The third kappa shape index (κ3) is 5.15. The van der Waals surface area contributed by atoms with Crippen molar-refractivity contribution in [1.29, 1.82) is 5.26 Å². The van der Waals surface area contributed by atoms with Crippen molar-refractivity contribution in [1.82, 2.24) is 0 Å². The van der Waals surface area contributed by atoms with Crippen LogP contribution >= 0.6 is 0 Å². The number of carbonyl (C=O) groups excluding carboxylic acids is 1. The van der Waals surface area contributed by atoms with Crippen LogP contribution in [0.3, 0.4) is 0 Å². The number of allylic oxidation sites excluding steroid dienone is 1. The Bertz CT molecular complexity index is 1400. The number of nitrogens with zero attached hydrogens (tertiary/aromatic N) is 1. The average Bonchev–Trinajstić information content (AvgIpc) is 2.94. The molecule has 9 heteroatoms. The lowest BCUT2D eigenvalue weighted by Gasteiger charge is -2.27. The number of esters is 1. The normalized spacial score (nSPS) is 14.0. The molecular formula is C29H28N2O7. The standard InChI is InChI=1S/C29H28N2O7/c1-5-11-36-19-8-6-7-17(12-19)29(32)37-20-9-10-21-23(15-20)38-28(31)22(16-30)26(21)18-13-24(33-2)27(35-4)25(14-18)34-3/h6-10,12-15,26H,5,11,31H2,1-4H3. The van der Waals surface area contributed by atoms with Gasteiger partial charge in [0.25, 0.3) is 0 Å². The second-order valence-corrected chi connectivity index (χ2v) is 8.35. The molecular weight excluding hydrogens is 488 g/mol. The molecule has 0 bridgehead atoms. The number of nitriles is 1.